The molecule has 0 atom stereocenters. The molecule has 3 aromatic rings. The maximum absolute atomic E-state index is 13.1. The largest absolute Gasteiger partial charge is 0.483 e. The molecule has 1 amide bonds. The predicted octanol–water partition coefficient (Wildman–Crippen LogP) is 4.02. The highest BCUT2D eigenvalue weighted by atomic mass is 19.4. The first-order valence-electron chi connectivity index (χ1n) is 10.3. The minimum Gasteiger partial charge on any atom is -0.483 e. The fraction of sp³-hybridized carbons (Fsp3) is 0.261. The predicted molar refractivity (Wildman–Crippen MR) is 116 cm³/mol. The second kappa shape index (κ2) is 9.86. The zero-order chi connectivity index (χ0) is 23.3. The summed E-state index contributed by atoms with van der Waals surface area (Å²) in [7, 11) is 0. The third-order valence-corrected chi connectivity index (χ3v) is 4.98. The van der Waals surface area contributed by atoms with Crippen molar-refractivity contribution in [2.45, 2.75) is 6.18 Å². The van der Waals surface area contributed by atoms with Gasteiger partial charge in [0.15, 0.2) is 12.4 Å². The Hall–Kier alpha value is -3.66. The van der Waals surface area contributed by atoms with Gasteiger partial charge >= 0.3 is 6.18 Å². The fourth-order valence-electron chi connectivity index (χ4n) is 3.36. The molecular formula is C23H21F3N4O3. The summed E-state index contributed by atoms with van der Waals surface area (Å²) >= 11 is 0. The van der Waals surface area contributed by atoms with Crippen molar-refractivity contribution >= 4 is 17.4 Å². The molecule has 1 fully saturated rings. The number of hydrogen-bond donors (Lipinski definition) is 1. The molecule has 0 radical (unpaired) electrons. The fourth-order valence-corrected chi connectivity index (χ4v) is 3.36. The van der Waals surface area contributed by atoms with Gasteiger partial charge in [0.1, 0.15) is 5.75 Å². The number of nitrogens with zero attached hydrogens (tertiary/aromatic N) is 3. The smallest absolute Gasteiger partial charge is 0.419 e. The van der Waals surface area contributed by atoms with Gasteiger partial charge in [-0.1, -0.05) is 24.3 Å². The molecule has 1 aliphatic rings. The van der Waals surface area contributed by atoms with E-state index in [1.165, 1.54) is 18.2 Å². The molecule has 172 valence electrons. The van der Waals surface area contributed by atoms with E-state index in [1.54, 1.807) is 18.2 Å². The van der Waals surface area contributed by atoms with E-state index >= 15 is 0 Å². The Labute approximate surface area is 188 Å². The molecule has 33 heavy (non-hydrogen) atoms. The Morgan fingerprint density at radius 2 is 1.82 bits per heavy atom. The first-order chi connectivity index (χ1) is 15.9. The lowest BCUT2D eigenvalue weighted by atomic mass is 10.1. The molecule has 0 saturated carbocycles. The quantitative estimate of drug-likeness (QED) is 0.602. The summed E-state index contributed by atoms with van der Waals surface area (Å²) in [5.74, 6) is -0.217. The zero-order valence-electron chi connectivity index (χ0n) is 17.5. The summed E-state index contributed by atoms with van der Waals surface area (Å²) in [6, 6.07) is 15.4. The molecule has 10 heteroatoms. The summed E-state index contributed by atoms with van der Waals surface area (Å²) in [5, 5.41) is 11.2. The number of carbonyl (C=O) groups is 1. The van der Waals surface area contributed by atoms with Crippen LogP contribution in [0.4, 0.5) is 24.7 Å². The number of aromatic nitrogens is 2. The number of halogens is 3. The van der Waals surface area contributed by atoms with Gasteiger partial charge in [-0.05, 0) is 36.4 Å². The van der Waals surface area contributed by atoms with E-state index in [0.29, 0.717) is 24.6 Å². The summed E-state index contributed by atoms with van der Waals surface area (Å²) in [4.78, 5) is 14.3. The Bertz CT molecular complexity index is 1100. The topological polar surface area (TPSA) is 76.6 Å². The average Bonchev–Trinajstić information content (AvgIpc) is 2.83. The average molecular weight is 458 g/mol. The molecule has 4 rings (SSSR count). The molecule has 2 aromatic carbocycles. The summed E-state index contributed by atoms with van der Waals surface area (Å²) in [6.07, 6.45) is -4.57. The second-order valence-electron chi connectivity index (χ2n) is 7.29. The van der Waals surface area contributed by atoms with Gasteiger partial charge in [0.25, 0.3) is 5.91 Å². The van der Waals surface area contributed by atoms with Crippen molar-refractivity contribution in [2.75, 3.05) is 43.1 Å². The van der Waals surface area contributed by atoms with Crippen molar-refractivity contribution in [1.29, 1.82) is 0 Å². The Morgan fingerprint density at radius 1 is 1.03 bits per heavy atom. The number of para-hydroxylation sites is 1. The molecule has 1 N–H and O–H groups in total. The van der Waals surface area contributed by atoms with Gasteiger partial charge in [0, 0.05) is 24.3 Å². The third-order valence-electron chi connectivity index (χ3n) is 4.98. The van der Waals surface area contributed by atoms with E-state index < -0.39 is 30.0 Å². The van der Waals surface area contributed by atoms with E-state index in [9.17, 15) is 18.0 Å². The van der Waals surface area contributed by atoms with Gasteiger partial charge in [-0.25, -0.2) is 0 Å². The number of anilines is 2. The van der Waals surface area contributed by atoms with Crippen LogP contribution in [0.1, 0.15) is 5.56 Å². The van der Waals surface area contributed by atoms with Crippen LogP contribution in [0.5, 0.6) is 5.75 Å². The standard InChI is InChI=1S/C23H21F3N4O3/c24-23(25,26)18-6-1-2-7-20(18)33-15-22(31)27-17-5-3-4-16(14-17)19-8-9-21(29-28-19)30-10-12-32-13-11-30/h1-9,14H,10-13,15H2,(H,27,31). The number of morpholine rings is 1. The Kier molecular flexibility index (Phi) is 6.74. The summed E-state index contributed by atoms with van der Waals surface area (Å²) in [6.45, 7) is 2.24. The number of amides is 1. The lowest BCUT2D eigenvalue weighted by Gasteiger charge is -2.27. The van der Waals surface area contributed by atoms with Crippen molar-refractivity contribution in [3.05, 3.63) is 66.2 Å². The lowest BCUT2D eigenvalue weighted by molar-refractivity contribution is -0.139. The molecular weight excluding hydrogens is 437 g/mol. The number of hydrogen-bond acceptors (Lipinski definition) is 6. The first-order valence-corrected chi connectivity index (χ1v) is 10.3. The Morgan fingerprint density at radius 3 is 2.55 bits per heavy atom. The molecule has 1 aromatic heterocycles. The van der Waals surface area contributed by atoms with Crippen LogP contribution in [0.15, 0.2) is 60.7 Å². The molecule has 0 unspecified atom stereocenters. The van der Waals surface area contributed by atoms with Gasteiger partial charge in [-0.3, -0.25) is 4.79 Å². The van der Waals surface area contributed by atoms with E-state index in [-0.39, 0.29) is 0 Å². The van der Waals surface area contributed by atoms with Crippen LogP contribution in [-0.4, -0.2) is 49.0 Å². The Balaban J connectivity index is 1.39. The minimum atomic E-state index is -4.57. The van der Waals surface area contributed by atoms with Crippen molar-refractivity contribution in [3.63, 3.8) is 0 Å². The lowest BCUT2D eigenvalue weighted by Crippen LogP contribution is -2.36. The number of nitrogens with one attached hydrogen (secondary N) is 1. The van der Waals surface area contributed by atoms with Crippen LogP contribution >= 0.6 is 0 Å². The van der Waals surface area contributed by atoms with Crippen LogP contribution < -0.4 is 15.0 Å². The van der Waals surface area contributed by atoms with Crippen LogP contribution in [0.25, 0.3) is 11.3 Å². The van der Waals surface area contributed by atoms with E-state index in [2.05, 4.69) is 20.4 Å². The normalized spacial score (nSPS) is 14.1. The molecule has 0 spiro atoms. The van der Waals surface area contributed by atoms with Gasteiger partial charge in [0.05, 0.1) is 24.5 Å². The second-order valence-corrected chi connectivity index (χ2v) is 7.29. The molecule has 0 aliphatic carbocycles. The van der Waals surface area contributed by atoms with Crippen LogP contribution in [-0.2, 0) is 15.7 Å². The SMILES string of the molecule is O=C(COc1ccccc1C(F)(F)F)Nc1cccc(-c2ccc(N3CCOCC3)nn2)c1. The number of alkyl halides is 3. The highest BCUT2D eigenvalue weighted by Crippen LogP contribution is 2.35. The van der Waals surface area contributed by atoms with Crippen molar-refractivity contribution in [1.82, 2.24) is 10.2 Å². The van der Waals surface area contributed by atoms with Gasteiger partial charge in [-0.2, -0.15) is 13.2 Å². The first kappa shape index (κ1) is 22.5. The summed E-state index contributed by atoms with van der Waals surface area (Å²) in [5.41, 5.74) is 0.888. The van der Waals surface area contributed by atoms with Gasteiger partial charge in [-0.15, -0.1) is 10.2 Å². The van der Waals surface area contributed by atoms with Gasteiger partial charge < -0.3 is 19.7 Å². The highest BCUT2D eigenvalue weighted by Gasteiger charge is 2.34. The van der Waals surface area contributed by atoms with E-state index in [1.807, 2.05) is 18.2 Å². The molecule has 1 saturated heterocycles. The number of ether oxygens (including phenoxy) is 2. The molecule has 7 nitrogen and oxygen atoms in total. The number of benzene rings is 2. The van der Waals surface area contributed by atoms with Crippen LogP contribution in [0.3, 0.4) is 0 Å². The van der Waals surface area contributed by atoms with Crippen molar-refractivity contribution in [2.24, 2.45) is 0 Å². The van der Waals surface area contributed by atoms with Crippen molar-refractivity contribution < 1.29 is 27.4 Å². The number of carbonyl (C=O) groups excluding carboxylic acids is 1. The van der Waals surface area contributed by atoms with Crippen LogP contribution in [0.2, 0.25) is 0 Å². The van der Waals surface area contributed by atoms with Crippen molar-refractivity contribution in [3.8, 4) is 17.0 Å². The monoisotopic (exact) mass is 458 g/mol. The highest BCUT2D eigenvalue weighted by molar-refractivity contribution is 5.92. The maximum Gasteiger partial charge on any atom is 0.419 e. The zero-order valence-corrected chi connectivity index (χ0v) is 17.5. The van der Waals surface area contributed by atoms with E-state index in [0.717, 1.165) is 30.5 Å². The summed E-state index contributed by atoms with van der Waals surface area (Å²) < 4.78 is 49.6. The van der Waals surface area contributed by atoms with Gasteiger partial charge in [0.2, 0.25) is 0 Å². The third kappa shape index (κ3) is 5.78. The van der Waals surface area contributed by atoms with Crippen LogP contribution in [0, 0.1) is 0 Å². The molecule has 1 aliphatic heterocycles. The minimum absolute atomic E-state index is 0.399. The maximum atomic E-state index is 13.1. The molecule has 0 bridgehead atoms. The molecule has 2 heterocycles. The van der Waals surface area contributed by atoms with E-state index in [4.69, 9.17) is 9.47 Å². The number of rotatable bonds is 6.